The van der Waals surface area contributed by atoms with Crippen molar-refractivity contribution in [2.24, 2.45) is 0 Å². The Kier molecular flexibility index (Phi) is 27.1. The molecule has 0 aromatic heterocycles. The van der Waals surface area contributed by atoms with Gasteiger partial charge >= 0.3 is 5.97 Å². The number of aliphatic hydroxyl groups is 22. The van der Waals surface area contributed by atoms with Crippen LogP contribution in [0.15, 0.2) is 0 Å². The van der Waals surface area contributed by atoms with E-state index in [1.54, 1.807) is 0 Å². The first-order chi connectivity index (χ1) is 44.9. The molecule has 8 aliphatic rings. The lowest BCUT2D eigenvalue weighted by Crippen LogP contribution is -2.71. The average Bonchev–Trinajstić information content (AvgIpc) is 0.761. The van der Waals surface area contributed by atoms with Crippen molar-refractivity contribution in [1.29, 1.82) is 0 Å². The van der Waals surface area contributed by atoms with Crippen molar-refractivity contribution in [1.82, 2.24) is 10.6 Å². The van der Waals surface area contributed by atoms with E-state index < -0.39 is 303 Å². The van der Waals surface area contributed by atoms with E-state index in [1.165, 1.54) is 6.92 Å². The Bertz CT molecular complexity index is 2450. The Morgan fingerprint density at radius 2 is 0.653 bits per heavy atom. The summed E-state index contributed by atoms with van der Waals surface area (Å²) in [7, 11) is 0. The molecule has 550 valence electrons. The van der Waals surface area contributed by atoms with E-state index in [2.05, 4.69) is 10.6 Å². The molecule has 1 unspecified atom stereocenters. The molecule has 8 rings (SSSR count). The van der Waals surface area contributed by atoms with Gasteiger partial charge in [-0.2, -0.15) is 0 Å². The van der Waals surface area contributed by atoms with Crippen LogP contribution in [0.5, 0.6) is 0 Å². The first-order valence-electron chi connectivity index (χ1n) is 30.0. The zero-order chi connectivity index (χ0) is 70.1. The maximum Gasteiger partial charge on any atom is 0.335 e. The van der Waals surface area contributed by atoms with Crippen molar-refractivity contribution in [3.8, 4) is 0 Å². The van der Waals surface area contributed by atoms with Crippen LogP contribution in [0.25, 0.3) is 0 Å². The molecule has 8 heterocycles. The van der Waals surface area contributed by atoms with Gasteiger partial charge < -0.3 is 199 Å². The second-order valence-electron chi connectivity index (χ2n) is 23.9. The second kappa shape index (κ2) is 33.2. The fraction of sp³-hybridized carbons (Fsp3) is 0.942. The lowest BCUT2D eigenvalue weighted by atomic mass is 9.93. The number of carbonyl (C=O) groups excluding carboxylic acids is 2. The van der Waals surface area contributed by atoms with Gasteiger partial charge in [0.1, 0.15) is 183 Å². The van der Waals surface area contributed by atoms with Crippen molar-refractivity contribution >= 4 is 17.8 Å². The Balaban J connectivity index is 1.18. The molecular formula is C52H86N2O41. The molecule has 0 spiro atoms. The summed E-state index contributed by atoms with van der Waals surface area (Å²) in [5.74, 6) is -3.70. The third-order valence-electron chi connectivity index (χ3n) is 17.4. The maximum atomic E-state index is 12.8. The minimum absolute atomic E-state index is 0.892. The zero-order valence-electron chi connectivity index (χ0n) is 50.5. The first kappa shape index (κ1) is 77.7. The van der Waals surface area contributed by atoms with E-state index in [0.29, 0.717) is 0 Å². The summed E-state index contributed by atoms with van der Waals surface area (Å²) in [6.45, 7) is -3.70. The van der Waals surface area contributed by atoms with Gasteiger partial charge in [0.2, 0.25) is 11.8 Å². The number of aliphatic hydroxyl groups excluding tert-OH is 22. The molecule has 43 heteroatoms. The molecule has 0 aromatic rings. The standard InChI is InChI=1S/C52H86N2O41/c1-10-21(63)26(68)31(73)47(81-10)95-43-42(94-51-35(77)40(25(67)16(7-58)85-51)92-50-33(75)28(70)29(71)41(93-50)44(78)79)37(18(9-60)87-52(43)91-38-19(53-11(2)61)45(80)82-14(5-56)23(38)65)89-49-34(76)30(72)36(17(8-59)86-49)88-46-20(54-12(3)62)39(24(66)15(6-57)83-46)90-48-32(74)27(69)22(64)13(4-55)84-48/h10,13-43,45-52,55-60,63-77,80H,4-9H2,1-3H3,(H,53,61)(H,54,62)(H,78,79)/t10-,13+,14+,15+,16+,17+,18+,19+,20+,21+,22-,23-,24-,25-,26+,27-,28-,29-,30+,31-,32+,33+,34+,35+,36-,37-,38+,39+,40-,41-,42-,43+,45?,46+,47-,48-,49-,50+,51-,52-/m0/s1. The summed E-state index contributed by atoms with van der Waals surface area (Å²) in [4.78, 5) is 37.5. The molecule has 25 N–H and O–H groups in total. The third-order valence-corrected chi connectivity index (χ3v) is 17.4. The van der Waals surface area contributed by atoms with Crippen LogP contribution in [0.2, 0.25) is 0 Å². The molecule has 0 radical (unpaired) electrons. The van der Waals surface area contributed by atoms with Gasteiger partial charge in [-0.3, -0.25) is 9.59 Å². The lowest BCUT2D eigenvalue weighted by Gasteiger charge is -2.53. The lowest BCUT2D eigenvalue weighted by molar-refractivity contribution is -0.420. The largest absolute Gasteiger partial charge is 0.479 e. The number of carbonyl (C=O) groups is 3. The van der Waals surface area contributed by atoms with Crippen molar-refractivity contribution in [2.45, 2.75) is 266 Å². The molecule has 0 bridgehead atoms. The molecule has 2 amide bonds. The van der Waals surface area contributed by atoms with E-state index in [4.69, 9.17) is 71.1 Å². The van der Waals surface area contributed by atoms with Crippen LogP contribution in [0, 0.1) is 0 Å². The summed E-state index contributed by atoms with van der Waals surface area (Å²) in [5.41, 5.74) is 0. The SMILES string of the molecule is CC(=O)N[C@H]1[C@@H](O[C@@H]2[C@H](O)[C@@H](O)[C@H](O[C@@H]3[C@H](O[C@@H]4O[C@H](CO)[C@H](O)[C@H](O[C@@H]5O[C@H](C(=O)O)[C@@H](O)[C@H](O)[C@H]5O)[C@H]4O)[C@@H](O[C@@H]4O[C@@H](C)[C@@H](O)[C@@H](O)[C@@H]4O)[C@H](O[C@H]4[C@@H](O)[C@@H](CO)OC(O)[C@@H]4NC(C)=O)O[C@@H]3CO)O[C@@H]2CO)O[C@H](CO)[C@H](O)[C@@H]1O[C@@H]1O[C@H](CO)[C@H](O)[C@H](O)[C@H]1O. The van der Waals surface area contributed by atoms with Gasteiger partial charge in [0.15, 0.2) is 56.4 Å². The average molecular weight is 1400 g/mol. The number of ether oxygens (including phenoxy) is 15. The van der Waals surface area contributed by atoms with Gasteiger partial charge in [-0.1, -0.05) is 0 Å². The molecule has 43 nitrogen and oxygen atoms in total. The second-order valence-corrected chi connectivity index (χ2v) is 23.9. The first-order valence-corrected chi connectivity index (χ1v) is 30.0. The Morgan fingerprint density at radius 3 is 1.19 bits per heavy atom. The molecule has 0 saturated carbocycles. The van der Waals surface area contributed by atoms with Gasteiger partial charge in [0.05, 0.1) is 45.7 Å². The smallest absolute Gasteiger partial charge is 0.335 e. The van der Waals surface area contributed by atoms with Crippen LogP contribution in [0.4, 0.5) is 0 Å². The van der Waals surface area contributed by atoms with Gasteiger partial charge in [-0.25, -0.2) is 4.79 Å². The van der Waals surface area contributed by atoms with Crippen molar-refractivity contribution in [2.75, 3.05) is 39.6 Å². The van der Waals surface area contributed by atoms with Crippen LogP contribution in [-0.2, 0) is 85.4 Å². The summed E-state index contributed by atoms with van der Waals surface area (Å²) in [5, 5.41) is 257. The van der Waals surface area contributed by atoms with Gasteiger partial charge in [0.25, 0.3) is 0 Å². The van der Waals surface area contributed by atoms with Gasteiger partial charge in [-0.15, -0.1) is 0 Å². The molecule has 40 atom stereocenters. The van der Waals surface area contributed by atoms with E-state index in [9.17, 15) is 132 Å². The molecule has 0 aromatic carbocycles. The normalized spacial score (nSPS) is 50.7. The number of hydrogen-bond donors (Lipinski definition) is 25. The Labute approximate surface area is 536 Å². The van der Waals surface area contributed by atoms with E-state index >= 15 is 0 Å². The summed E-state index contributed by atoms with van der Waals surface area (Å²) >= 11 is 0. The number of carboxylic acid groups (broad SMARTS) is 1. The highest BCUT2D eigenvalue weighted by Crippen LogP contribution is 2.41. The monoisotopic (exact) mass is 1390 g/mol. The van der Waals surface area contributed by atoms with E-state index in [1.807, 2.05) is 0 Å². The van der Waals surface area contributed by atoms with Gasteiger partial charge in [0, 0.05) is 13.8 Å². The highest BCUT2D eigenvalue weighted by Gasteiger charge is 2.61. The fourth-order valence-electron chi connectivity index (χ4n) is 12.2. The van der Waals surface area contributed by atoms with Crippen molar-refractivity contribution in [3.63, 3.8) is 0 Å². The topological polar surface area (TPSA) is 679 Å². The third kappa shape index (κ3) is 16.5. The minimum Gasteiger partial charge on any atom is -0.479 e. The van der Waals surface area contributed by atoms with Crippen molar-refractivity contribution in [3.05, 3.63) is 0 Å². The highest BCUT2D eigenvalue weighted by atomic mass is 16.8. The number of nitrogens with one attached hydrogen (secondary N) is 2. The number of hydrogen-bond acceptors (Lipinski definition) is 40. The van der Waals surface area contributed by atoms with E-state index in [-0.39, 0.29) is 0 Å². The predicted octanol–water partition coefficient (Wildman–Crippen LogP) is -17.0. The Morgan fingerprint density at radius 1 is 0.305 bits per heavy atom. The minimum atomic E-state index is -2.55. The summed E-state index contributed by atoms with van der Waals surface area (Å²) in [6, 6.07) is -3.66. The molecule has 8 aliphatic heterocycles. The zero-order valence-corrected chi connectivity index (χ0v) is 50.5. The highest BCUT2D eigenvalue weighted by molar-refractivity contribution is 5.74. The quantitative estimate of drug-likeness (QED) is 0.0452. The number of amides is 2. The van der Waals surface area contributed by atoms with Gasteiger partial charge in [-0.05, 0) is 6.92 Å². The number of aliphatic carboxylic acids is 1. The van der Waals surface area contributed by atoms with Crippen LogP contribution >= 0.6 is 0 Å². The maximum absolute atomic E-state index is 12.8. The molecule has 0 aliphatic carbocycles. The summed E-state index contributed by atoms with van der Waals surface area (Å²) < 4.78 is 88.3. The number of rotatable bonds is 23. The fourth-order valence-corrected chi connectivity index (χ4v) is 12.2. The molecule has 8 fully saturated rings. The predicted molar refractivity (Wildman–Crippen MR) is 287 cm³/mol. The van der Waals surface area contributed by atoms with E-state index in [0.717, 1.165) is 13.8 Å². The molecule has 95 heavy (non-hydrogen) atoms. The molecular weight excluding hydrogens is 1310 g/mol. The van der Waals surface area contributed by atoms with Crippen LogP contribution in [0.1, 0.15) is 20.8 Å². The Hall–Kier alpha value is -3.07. The van der Waals surface area contributed by atoms with Crippen LogP contribution < -0.4 is 10.6 Å². The van der Waals surface area contributed by atoms with Crippen LogP contribution in [-0.4, -0.2) is 420 Å². The van der Waals surface area contributed by atoms with Crippen LogP contribution in [0.3, 0.4) is 0 Å². The number of carboxylic acids is 1. The summed E-state index contributed by atoms with van der Waals surface area (Å²) in [6.07, 6.45) is -81.5. The molecule has 8 saturated heterocycles. The van der Waals surface area contributed by atoms with Crippen molar-refractivity contribution < 1.29 is 203 Å².